The fourth-order valence-electron chi connectivity index (χ4n) is 3.79. The van der Waals surface area contributed by atoms with Crippen LogP contribution in [0, 0.1) is 6.92 Å². The molecule has 0 radical (unpaired) electrons. The van der Waals surface area contributed by atoms with E-state index < -0.39 is 0 Å². The summed E-state index contributed by atoms with van der Waals surface area (Å²) in [7, 11) is 0. The number of nitrogens with zero attached hydrogens (tertiary/aromatic N) is 4. The lowest BCUT2D eigenvalue weighted by atomic mass is 9.96. The minimum Gasteiger partial charge on any atom is -0.492 e. The maximum absolute atomic E-state index is 10.9. The van der Waals surface area contributed by atoms with Gasteiger partial charge in [-0.05, 0) is 49.9 Å². The minimum atomic E-state index is 0.0605. The molecule has 6 heteroatoms. The second kappa shape index (κ2) is 7.00. The summed E-state index contributed by atoms with van der Waals surface area (Å²) in [5.74, 6) is 1.44. The molecule has 1 atom stereocenters. The predicted octanol–water partition coefficient (Wildman–Crippen LogP) is 4.50. The standard InChI is InChI=1S/C20H26N4OS/c1-13(2)15-7-9-16(10-8-15)17(23-11-5-4-6-12-23)18-19(25)24-20(26-18)21-14(3)22-24/h7-10,13,17,25H,4-6,11-12H2,1-3H3. The molecule has 0 amide bonds. The van der Waals surface area contributed by atoms with Gasteiger partial charge in [0, 0.05) is 0 Å². The van der Waals surface area contributed by atoms with Gasteiger partial charge in [0.2, 0.25) is 10.8 Å². The van der Waals surface area contributed by atoms with E-state index in [-0.39, 0.29) is 11.9 Å². The van der Waals surface area contributed by atoms with Gasteiger partial charge in [0.1, 0.15) is 5.82 Å². The van der Waals surface area contributed by atoms with Crippen LogP contribution in [0.1, 0.15) is 66.9 Å². The normalized spacial score (nSPS) is 17.2. The highest BCUT2D eigenvalue weighted by atomic mass is 32.1. The fraction of sp³-hybridized carbons (Fsp3) is 0.500. The van der Waals surface area contributed by atoms with Gasteiger partial charge in [-0.25, -0.2) is 4.98 Å². The van der Waals surface area contributed by atoms with Crippen molar-refractivity contribution < 1.29 is 5.11 Å². The zero-order chi connectivity index (χ0) is 18.3. The van der Waals surface area contributed by atoms with Gasteiger partial charge in [-0.3, -0.25) is 4.90 Å². The van der Waals surface area contributed by atoms with Crippen molar-refractivity contribution in [3.05, 3.63) is 46.1 Å². The van der Waals surface area contributed by atoms with Crippen molar-refractivity contribution in [1.29, 1.82) is 0 Å². The summed E-state index contributed by atoms with van der Waals surface area (Å²) in [6.07, 6.45) is 3.71. The lowest BCUT2D eigenvalue weighted by Crippen LogP contribution is -2.34. The number of likely N-dealkylation sites (tertiary alicyclic amines) is 1. The Kier molecular flexibility index (Phi) is 4.71. The summed E-state index contributed by atoms with van der Waals surface area (Å²) in [6.45, 7) is 8.40. The summed E-state index contributed by atoms with van der Waals surface area (Å²) in [6, 6.07) is 8.93. The fourth-order valence-corrected chi connectivity index (χ4v) is 4.96. The zero-order valence-corrected chi connectivity index (χ0v) is 16.5. The minimum absolute atomic E-state index is 0.0605. The van der Waals surface area contributed by atoms with Gasteiger partial charge in [-0.15, -0.1) is 5.10 Å². The number of thiazole rings is 1. The second-order valence-corrected chi connectivity index (χ2v) is 8.47. The Morgan fingerprint density at radius 1 is 1.04 bits per heavy atom. The molecule has 0 bridgehead atoms. The van der Waals surface area contributed by atoms with Crippen LogP contribution in [0.5, 0.6) is 5.88 Å². The summed E-state index contributed by atoms with van der Waals surface area (Å²) in [5, 5.41) is 15.2. The van der Waals surface area contributed by atoms with Gasteiger partial charge in [0.05, 0.1) is 10.9 Å². The molecule has 1 saturated heterocycles. The number of rotatable bonds is 4. The molecule has 2 aromatic heterocycles. The highest BCUT2D eigenvalue weighted by Crippen LogP contribution is 2.41. The van der Waals surface area contributed by atoms with Crippen LogP contribution < -0.4 is 0 Å². The molecule has 1 fully saturated rings. The molecule has 0 aliphatic carbocycles. The molecule has 1 unspecified atom stereocenters. The Labute approximate surface area is 158 Å². The third kappa shape index (κ3) is 3.12. The van der Waals surface area contributed by atoms with E-state index in [1.165, 1.54) is 30.4 Å². The van der Waals surface area contributed by atoms with E-state index in [1.807, 2.05) is 6.92 Å². The first-order chi connectivity index (χ1) is 12.5. The number of aromatic nitrogens is 3. The SMILES string of the molecule is Cc1nc2sc(C(c3ccc(C(C)C)cc3)N3CCCCC3)c(O)n2n1. The van der Waals surface area contributed by atoms with Crippen LogP contribution in [0.3, 0.4) is 0 Å². The second-order valence-electron chi connectivity index (χ2n) is 7.46. The van der Waals surface area contributed by atoms with Crippen molar-refractivity contribution in [3.63, 3.8) is 0 Å². The Morgan fingerprint density at radius 2 is 1.69 bits per heavy atom. The van der Waals surface area contributed by atoms with Crippen LogP contribution in [0.2, 0.25) is 0 Å². The molecule has 138 valence electrons. The van der Waals surface area contributed by atoms with Crippen molar-refractivity contribution >= 4 is 16.3 Å². The van der Waals surface area contributed by atoms with Crippen LogP contribution in [-0.2, 0) is 0 Å². The average Bonchev–Trinajstić information content (AvgIpc) is 3.14. The van der Waals surface area contributed by atoms with E-state index in [4.69, 9.17) is 0 Å². The first kappa shape index (κ1) is 17.5. The molecule has 1 N–H and O–H groups in total. The van der Waals surface area contributed by atoms with Crippen LogP contribution >= 0.6 is 11.3 Å². The van der Waals surface area contributed by atoms with Crippen LogP contribution in [-0.4, -0.2) is 37.7 Å². The van der Waals surface area contributed by atoms with Gasteiger partial charge in [-0.2, -0.15) is 4.52 Å². The summed E-state index contributed by atoms with van der Waals surface area (Å²) in [4.78, 5) is 8.64. The van der Waals surface area contributed by atoms with Crippen LogP contribution in [0.25, 0.3) is 4.96 Å². The number of piperidine rings is 1. The lowest BCUT2D eigenvalue weighted by Gasteiger charge is -2.34. The number of hydrogen-bond donors (Lipinski definition) is 1. The van der Waals surface area contributed by atoms with Gasteiger partial charge >= 0.3 is 0 Å². The first-order valence-corrected chi connectivity index (χ1v) is 10.2. The molecule has 5 nitrogen and oxygen atoms in total. The van der Waals surface area contributed by atoms with Gasteiger partial charge < -0.3 is 5.11 Å². The lowest BCUT2D eigenvalue weighted by molar-refractivity contribution is 0.186. The van der Waals surface area contributed by atoms with Crippen molar-refractivity contribution in [2.45, 2.75) is 52.0 Å². The number of aryl methyl sites for hydroxylation is 1. The van der Waals surface area contributed by atoms with Gasteiger partial charge in [0.15, 0.2) is 0 Å². The van der Waals surface area contributed by atoms with Gasteiger partial charge in [0.25, 0.3) is 0 Å². The average molecular weight is 371 g/mol. The Hall–Kier alpha value is -1.92. The largest absolute Gasteiger partial charge is 0.492 e. The van der Waals surface area contributed by atoms with Crippen LogP contribution in [0.4, 0.5) is 0 Å². The maximum atomic E-state index is 10.9. The molecule has 4 rings (SSSR count). The molecular formula is C20H26N4OS. The predicted molar refractivity (Wildman–Crippen MR) is 105 cm³/mol. The van der Waals surface area contributed by atoms with E-state index in [0.29, 0.717) is 11.7 Å². The number of fused-ring (bicyclic) bond motifs is 1. The Bertz CT molecular complexity index is 891. The quantitative estimate of drug-likeness (QED) is 0.734. The van der Waals surface area contributed by atoms with Crippen LogP contribution in [0.15, 0.2) is 24.3 Å². The third-order valence-corrected chi connectivity index (χ3v) is 6.30. The molecule has 0 spiro atoms. The summed E-state index contributed by atoms with van der Waals surface area (Å²) in [5.41, 5.74) is 2.57. The molecule has 3 heterocycles. The van der Waals surface area contributed by atoms with Crippen molar-refractivity contribution in [2.75, 3.05) is 13.1 Å². The molecule has 26 heavy (non-hydrogen) atoms. The summed E-state index contributed by atoms with van der Waals surface area (Å²) < 4.78 is 1.58. The van der Waals surface area contributed by atoms with E-state index in [9.17, 15) is 5.11 Å². The van der Waals surface area contributed by atoms with Gasteiger partial charge in [-0.1, -0.05) is 55.9 Å². The molecule has 1 aliphatic rings. The molecule has 0 saturated carbocycles. The number of hydrogen-bond acceptors (Lipinski definition) is 5. The number of benzene rings is 1. The monoisotopic (exact) mass is 370 g/mol. The smallest absolute Gasteiger partial charge is 0.230 e. The third-order valence-electron chi connectivity index (χ3n) is 5.23. The first-order valence-electron chi connectivity index (χ1n) is 9.43. The van der Waals surface area contributed by atoms with Crippen molar-refractivity contribution in [1.82, 2.24) is 19.5 Å². The maximum Gasteiger partial charge on any atom is 0.230 e. The topological polar surface area (TPSA) is 53.7 Å². The molecule has 1 aromatic carbocycles. The highest BCUT2D eigenvalue weighted by molar-refractivity contribution is 7.17. The van der Waals surface area contributed by atoms with Crippen molar-refractivity contribution in [2.24, 2.45) is 0 Å². The van der Waals surface area contributed by atoms with E-state index >= 15 is 0 Å². The molecular weight excluding hydrogens is 344 g/mol. The summed E-state index contributed by atoms with van der Waals surface area (Å²) >= 11 is 1.55. The zero-order valence-electron chi connectivity index (χ0n) is 15.6. The Morgan fingerprint density at radius 3 is 2.31 bits per heavy atom. The Balaban J connectivity index is 1.78. The van der Waals surface area contributed by atoms with E-state index in [1.54, 1.807) is 15.9 Å². The number of aromatic hydroxyl groups is 1. The highest BCUT2D eigenvalue weighted by Gasteiger charge is 2.30. The molecule has 3 aromatic rings. The van der Waals surface area contributed by atoms with E-state index in [2.05, 4.69) is 53.1 Å². The molecule has 1 aliphatic heterocycles. The van der Waals surface area contributed by atoms with E-state index in [0.717, 1.165) is 22.9 Å². The van der Waals surface area contributed by atoms with Crippen molar-refractivity contribution in [3.8, 4) is 5.88 Å².